The summed E-state index contributed by atoms with van der Waals surface area (Å²) in [5.41, 5.74) is 7.69. The number of rotatable bonds is 2. The maximum atomic E-state index is 6.03. The highest BCUT2D eigenvalue weighted by Gasteiger charge is 2.14. The fourth-order valence-electron chi connectivity index (χ4n) is 1.26. The number of nitrogens with two attached hydrogens (primary N) is 1. The van der Waals surface area contributed by atoms with E-state index in [9.17, 15) is 0 Å². The van der Waals surface area contributed by atoms with E-state index in [2.05, 4.69) is 4.98 Å². The molecule has 0 aliphatic carbocycles. The van der Waals surface area contributed by atoms with Gasteiger partial charge < -0.3 is 5.73 Å². The van der Waals surface area contributed by atoms with Gasteiger partial charge in [0.05, 0.1) is 21.8 Å². The zero-order valence-electron chi connectivity index (χ0n) is 7.65. The molecule has 1 unspecified atom stereocenters. The van der Waals surface area contributed by atoms with Crippen LogP contribution >= 0.6 is 34.5 Å². The predicted octanol–water partition coefficient (Wildman–Crippen LogP) is 3.50. The summed E-state index contributed by atoms with van der Waals surface area (Å²) in [5.74, 6) is 0. The monoisotopic (exact) mass is 258 g/mol. The van der Waals surface area contributed by atoms with Gasteiger partial charge in [0.1, 0.15) is 0 Å². The van der Waals surface area contributed by atoms with Gasteiger partial charge in [-0.15, -0.1) is 0 Å². The minimum Gasteiger partial charge on any atom is -0.319 e. The highest BCUT2D eigenvalue weighted by Crippen LogP contribution is 2.27. The molecule has 78 valence electrons. The topological polar surface area (TPSA) is 38.9 Å². The smallest absolute Gasteiger partial charge is 0.0803 e. The van der Waals surface area contributed by atoms with Crippen LogP contribution in [0, 0.1) is 0 Å². The van der Waals surface area contributed by atoms with Crippen LogP contribution in [0.4, 0.5) is 0 Å². The quantitative estimate of drug-likeness (QED) is 0.896. The summed E-state index contributed by atoms with van der Waals surface area (Å²) >= 11 is 13.4. The second-order valence-corrected chi connectivity index (χ2v) is 4.68. The molecule has 0 aliphatic heterocycles. The Bertz CT molecular complexity index is 456. The largest absolute Gasteiger partial charge is 0.319 e. The lowest BCUT2D eigenvalue weighted by atomic mass is 10.1. The second kappa shape index (κ2) is 4.49. The van der Waals surface area contributed by atoms with E-state index >= 15 is 0 Å². The average Bonchev–Trinajstić information content (AvgIpc) is 2.69. The Hall–Kier alpha value is -0.610. The fourth-order valence-corrected chi connectivity index (χ4v) is 2.46. The molecule has 0 saturated carbocycles. The van der Waals surface area contributed by atoms with Crippen LogP contribution in [0.25, 0.3) is 0 Å². The van der Waals surface area contributed by atoms with E-state index in [4.69, 9.17) is 28.9 Å². The number of hydrogen-bond donors (Lipinski definition) is 1. The van der Waals surface area contributed by atoms with Crippen LogP contribution in [0.2, 0.25) is 10.0 Å². The van der Waals surface area contributed by atoms with Crippen LogP contribution in [-0.2, 0) is 0 Å². The Morgan fingerprint density at radius 3 is 2.80 bits per heavy atom. The molecule has 2 aromatic heterocycles. The van der Waals surface area contributed by atoms with Crippen molar-refractivity contribution in [2.45, 2.75) is 6.04 Å². The molecule has 0 radical (unpaired) electrons. The molecule has 1 atom stereocenters. The average molecular weight is 259 g/mol. The Labute approximate surface area is 102 Å². The Kier molecular flexibility index (Phi) is 3.26. The summed E-state index contributed by atoms with van der Waals surface area (Å²) in [7, 11) is 0. The SMILES string of the molecule is NC(c1ccsc1)c1ncc(Cl)cc1Cl. The third-order valence-corrected chi connectivity index (χ3v) is 3.24. The molecule has 2 rings (SSSR count). The van der Waals surface area contributed by atoms with Crippen molar-refractivity contribution < 1.29 is 0 Å². The number of nitrogens with zero attached hydrogens (tertiary/aromatic N) is 1. The van der Waals surface area contributed by atoms with Gasteiger partial charge in [0, 0.05) is 6.20 Å². The van der Waals surface area contributed by atoms with Crippen molar-refractivity contribution in [3.05, 3.63) is 50.4 Å². The molecule has 2 aromatic rings. The third kappa shape index (κ3) is 2.32. The van der Waals surface area contributed by atoms with Gasteiger partial charge in [0.25, 0.3) is 0 Å². The van der Waals surface area contributed by atoms with Crippen LogP contribution in [-0.4, -0.2) is 4.98 Å². The third-order valence-electron chi connectivity index (χ3n) is 2.03. The first-order valence-electron chi connectivity index (χ1n) is 4.27. The number of aromatic nitrogens is 1. The Morgan fingerprint density at radius 1 is 1.40 bits per heavy atom. The zero-order valence-corrected chi connectivity index (χ0v) is 9.98. The highest BCUT2D eigenvalue weighted by atomic mass is 35.5. The molecular formula is C10H8Cl2N2S. The van der Waals surface area contributed by atoms with E-state index in [1.54, 1.807) is 23.6 Å². The maximum absolute atomic E-state index is 6.03. The molecule has 0 fully saturated rings. The number of thiophene rings is 1. The van der Waals surface area contributed by atoms with Gasteiger partial charge in [-0.1, -0.05) is 23.2 Å². The lowest BCUT2D eigenvalue weighted by Gasteiger charge is -2.10. The first-order chi connectivity index (χ1) is 7.18. The number of pyridine rings is 1. The van der Waals surface area contributed by atoms with E-state index in [0.29, 0.717) is 15.7 Å². The van der Waals surface area contributed by atoms with E-state index in [-0.39, 0.29) is 6.04 Å². The normalized spacial score (nSPS) is 12.7. The first kappa shape index (κ1) is 10.9. The summed E-state index contributed by atoms with van der Waals surface area (Å²) in [4.78, 5) is 4.15. The van der Waals surface area contributed by atoms with Crippen molar-refractivity contribution in [3.63, 3.8) is 0 Å². The fraction of sp³-hybridized carbons (Fsp3) is 0.100. The standard InChI is InChI=1S/C10H8Cl2N2S/c11-7-3-8(12)10(14-4-7)9(13)6-1-2-15-5-6/h1-5,9H,13H2. The number of halogens is 2. The summed E-state index contributed by atoms with van der Waals surface area (Å²) < 4.78 is 0. The van der Waals surface area contributed by atoms with E-state index < -0.39 is 0 Å². The van der Waals surface area contributed by atoms with Gasteiger partial charge in [-0.25, -0.2) is 0 Å². The van der Waals surface area contributed by atoms with Crippen molar-refractivity contribution in [3.8, 4) is 0 Å². The van der Waals surface area contributed by atoms with Crippen molar-refractivity contribution >= 4 is 34.5 Å². The van der Waals surface area contributed by atoms with Gasteiger partial charge in [-0.3, -0.25) is 4.98 Å². The second-order valence-electron chi connectivity index (χ2n) is 3.05. The summed E-state index contributed by atoms with van der Waals surface area (Å²) in [6, 6.07) is 3.32. The van der Waals surface area contributed by atoms with Crippen LogP contribution in [0.5, 0.6) is 0 Å². The van der Waals surface area contributed by atoms with Gasteiger partial charge >= 0.3 is 0 Å². The molecule has 0 aromatic carbocycles. The van der Waals surface area contributed by atoms with Gasteiger partial charge in [0.2, 0.25) is 0 Å². The minimum absolute atomic E-state index is 0.291. The first-order valence-corrected chi connectivity index (χ1v) is 5.97. The van der Waals surface area contributed by atoms with Crippen molar-refractivity contribution in [1.29, 1.82) is 0 Å². The van der Waals surface area contributed by atoms with Crippen molar-refractivity contribution in [1.82, 2.24) is 4.98 Å². The van der Waals surface area contributed by atoms with Crippen LogP contribution < -0.4 is 5.73 Å². The van der Waals surface area contributed by atoms with Crippen LogP contribution in [0.1, 0.15) is 17.3 Å². The molecule has 2 N–H and O–H groups in total. The molecule has 0 amide bonds. The minimum atomic E-state index is -0.291. The summed E-state index contributed by atoms with van der Waals surface area (Å²) in [5, 5.41) is 4.97. The molecule has 2 heterocycles. The molecular weight excluding hydrogens is 251 g/mol. The number of hydrogen-bond acceptors (Lipinski definition) is 3. The molecule has 2 nitrogen and oxygen atoms in total. The van der Waals surface area contributed by atoms with Crippen LogP contribution in [0.15, 0.2) is 29.1 Å². The summed E-state index contributed by atoms with van der Waals surface area (Å²) in [6.45, 7) is 0. The molecule has 0 spiro atoms. The molecule has 5 heteroatoms. The lowest BCUT2D eigenvalue weighted by molar-refractivity contribution is 0.833. The Balaban J connectivity index is 2.38. The van der Waals surface area contributed by atoms with E-state index in [1.807, 2.05) is 16.8 Å². The van der Waals surface area contributed by atoms with Crippen molar-refractivity contribution in [2.75, 3.05) is 0 Å². The molecule has 0 bridgehead atoms. The Morgan fingerprint density at radius 2 is 2.20 bits per heavy atom. The predicted molar refractivity (Wildman–Crippen MR) is 64.6 cm³/mol. The van der Waals surface area contributed by atoms with Gasteiger partial charge in [0.15, 0.2) is 0 Å². The van der Waals surface area contributed by atoms with E-state index in [1.165, 1.54) is 0 Å². The van der Waals surface area contributed by atoms with Gasteiger partial charge in [-0.05, 0) is 28.5 Å². The highest BCUT2D eigenvalue weighted by molar-refractivity contribution is 7.08. The van der Waals surface area contributed by atoms with E-state index in [0.717, 1.165) is 5.56 Å². The zero-order chi connectivity index (χ0) is 10.8. The van der Waals surface area contributed by atoms with Crippen LogP contribution in [0.3, 0.4) is 0 Å². The molecule has 0 aliphatic rings. The van der Waals surface area contributed by atoms with Crippen molar-refractivity contribution in [2.24, 2.45) is 5.73 Å². The maximum Gasteiger partial charge on any atom is 0.0803 e. The molecule has 0 saturated heterocycles. The molecule has 15 heavy (non-hydrogen) atoms. The lowest BCUT2D eigenvalue weighted by Crippen LogP contribution is -2.13. The van der Waals surface area contributed by atoms with Gasteiger partial charge in [-0.2, -0.15) is 11.3 Å². The summed E-state index contributed by atoms with van der Waals surface area (Å²) in [6.07, 6.45) is 1.55.